The van der Waals surface area contributed by atoms with Crippen LogP contribution >= 0.6 is 0 Å². The van der Waals surface area contributed by atoms with Crippen molar-refractivity contribution in [1.29, 1.82) is 0 Å². The largest absolute Gasteiger partial charge is 0.497 e. The zero-order valence-corrected chi connectivity index (χ0v) is 14.8. The molecule has 0 aliphatic rings. The maximum atomic E-state index is 12.4. The van der Waals surface area contributed by atoms with Crippen molar-refractivity contribution >= 4 is 17.2 Å². The molecule has 0 aromatic heterocycles. The number of nitrogens with one attached hydrogen (secondary N) is 1. The Morgan fingerprint density at radius 3 is 2.29 bits per heavy atom. The second-order valence-electron chi connectivity index (χ2n) is 5.65. The molecule has 0 unspecified atom stereocenters. The van der Waals surface area contributed by atoms with Crippen LogP contribution in [0.15, 0.2) is 42.5 Å². The summed E-state index contributed by atoms with van der Waals surface area (Å²) in [5.74, 6) is 1.22. The molecule has 0 aliphatic heterocycles. The number of hydrogen-bond donors (Lipinski definition) is 1. The monoisotopic (exact) mass is 325 g/mol. The minimum absolute atomic E-state index is 0.164. The summed E-state index contributed by atoms with van der Waals surface area (Å²) in [5, 5.41) is 2.96. The average molecular weight is 325 g/mol. The Balaban J connectivity index is 2.26. The summed E-state index contributed by atoms with van der Waals surface area (Å²) in [6, 6.07) is 11.5. The van der Waals surface area contributed by atoms with Gasteiger partial charge in [0, 0.05) is 23.4 Å². The van der Waals surface area contributed by atoms with Crippen molar-refractivity contribution in [2.45, 2.75) is 20.8 Å². The van der Waals surface area contributed by atoms with Gasteiger partial charge in [0.15, 0.2) is 0 Å². The average Bonchev–Trinajstić information content (AvgIpc) is 2.57. The number of methoxy groups -OCH3 is 2. The van der Waals surface area contributed by atoms with Crippen LogP contribution in [-0.4, -0.2) is 20.1 Å². The highest BCUT2D eigenvalue weighted by molar-refractivity contribution is 6.04. The molecule has 24 heavy (non-hydrogen) atoms. The third kappa shape index (κ3) is 3.96. The molecule has 0 aliphatic carbocycles. The van der Waals surface area contributed by atoms with Gasteiger partial charge in [0.1, 0.15) is 11.5 Å². The number of rotatable bonds is 5. The first-order valence-corrected chi connectivity index (χ1v) is 7.74. The number of anilines is 1. The van der Waals surface area contributed by atoms with E-state index >= 15 is 0 Å². The molecule has 0 fully saturated rings. The Labute approximate surface area is 143 Å². The van der Waals surface area contributed by atoms with Crippen LogP contribution in [0.5, 0.6) is 11.5 Å². The number of hydrogen-bond acceptors (Lipinski definition) is 3. The summed E-state index contributed by atoms with van der Waals surface area (Å²) in [7, 11) is 3.21. The van der Waals surface area contributed by atoms with Gasteiger partial charge in [0.25, 0.3) is 0 Å². The van der Waals surface area contributed by atoms with Crippen LogP contribution < -0.4 is 14.8 Å². The number of allylic oxidation sites excluding steroid dienone is 1. The van der Waals surface area contributed by atoms with Gasteiger partial charge in [0.05, 0.1) is 14.2 Å². The third-order valence-electron chi connectivity index (χ3n) is 3.91. The molecule has 2 aromatic carbocycles. The highest BCUT2D eigenvalue weighted by Crippen LogP contribution is 2.30. The number of amides is 1. The molecular formula is C20H23NO3. The Morgan fingerprint density at radius 2 is 1.71 bits per heavy atom. The van der Waals surface area contributed by atoms with Crippen LogP contribution in [0.25, 0.3) is 5.57 Å². The van der Waals surface area contributed by atoms with Gasteiger partial charge < -0.3 is 14.8 Å². The van der Waals surface area contributed by atoms with Crippen LogP contribution in [0.1, 0.15) is 23.6 Å². The van der Waals surface area contributed by atoms with Gasteiger partial charge in [-0.3, -0.25) is 4.79 Å². The summed E-state index contributed by atoms with van der Waals surface area (Å²) in [6.45, 7) is 5.84. The van der Waals surface area contributed by atoms with Crippen LogP contribution in [0.3, 0.4) is 0 Å². The van der Waals surface area contributed by atoms with E-state index in [1.807, 2.05) is 51.1 Å². The van der Waals surface area contributed by atoms with Crippen LogP contribution in [0, 0.1) is 13.8 Å². The van der Waals surface area contributed by atoms with Crippen molar-refractivity contribution in [3.63, 3.8) is 0 Å². The SMILES string of the molecule is COc1ccc(/C(C)=C/C(=O)Nc2c(C)cccc2C)c(OC)c1. The number of aryl methyl sites for hydroxylation is 2. The van der Waals surface area contributed by atoms with Crippen molar-refractivity contribution in [3.8, 4) is 11.5 Å². The molecule has 1 N–H and O–H groups in total. The lowest BCUT2D eigenvalue weighted by Crippen LogP contribution is -2.11. The van der Waals surface area contributed by atoms with Gasteiger partial charge in [-0.15, -0.1) is 0 Å². The topological polar surface area (TPSA) is 47.6 Å². The number of carbonyl (C=O) groups excluding carboxylic acids is 1. The van der Waals surface area contributed by atoms with Crippen molar-refractivity contribution in [2.75, 3.05) is 19.5 Å². The van der Waals surface area contributed by atoms with E-state index in [9.17, 15) is 4.79 Å². The minimum Gasteiger partial charge on any atom is -0.497 e. The lowest BCUT2D eigenvalue weighted by Gasteiger charge is -2.12. The van der Waals surface area contributed by atoms with Gasteiger partial charge in [-0.05, 0) is 49.6 Å². The predicted molar refractivity (Wildman–Crippen MR) is 97.7 cm³/mol. The lowest BCUT2D eigenvalue weighted by molar-refractivity contribution is -0.111. The first kappa shape index (κ1) is 17.6. The highest BCUT2D eigenvalue weighted by atomic mass is 16.5. The van der Waals surface area contributed by atoms with Crippen molar-refractivity contribution in [2.24, 2.45) is 0 Å². The maximum Gasteiger partial charge on any atom is 0.248 e. The fraction of sp³-hybridized carbons (Fsp3) is 0.250. The summed E-state index contributed by atoms with van der Waals surface area (Å²) in [5.41, 5.74) is 4.61. The van der Waals surface area contributed by atoms with E-state index in [0.29, 0.717) is 11.5 Å². The quantitative estimate of drug-likeness (QED) is 0.831. The van der Waals surface area contributed by atoms with Gasteiger partial charge in [-0.25, -0.2) is 0 Å². The van der Waals surface area contributed by atoms with Crippen molar-refractivity contribution in [1.82, 2.24) is 0 Å². The second-order valence-corrected chi connectivity index (χ2v) is 5.65. The van der Waals surface area contributed by atoms with E-state index in [0.717, 1.165) is 28.0 Å². The highest BCUT2D eigenvalue weighted by Gasteiger charge is 2.10. The Hall–Kier alpha value is -2.75. The molecular weight excluding hydrogens is 302 g/mol. The summed E-state index contributed by atoms with van der Waals surface area (Å²) in [6.07, 6.45) is 1.58. The fourth-order valence-electron chi connectivity index (χ4n) is 2.57. The molecule has 0 spiro atoms. The molecule has 0 saturated heterocycles. The first-order valence-electron chi connectivity index (χ1n) is 7.74. The number of ether oxygens (including phenoxy) is 2. The summed E-state index contributed by atoms with van der Waals surface area (Å²) < 4.78 is 10.6. The lowest BCUT2D eigenvalue weighted by atomic mass is 10.0. The molecule has 0 heterocycles. The molecule has 0 radical (unpaired) electrons. The molecule has 0 atom stereocenters. The van der Waals surface area contributed by atoms with Gasteiger partial charge in [0.2, 0.25) is 5.91 Å². The second kappa shape index (κ2) is 7.68. The van der Waals surface area contributed by atoms with Crippen molar-refractivity contribution < 1.29 is 14.3 Å². The van der Waals surface area contributed by atoms with Crippen LogP contribution in [-0.2, 0) is 4.79 Å². The van der Waals surface area contributed by atoms with E-state index < -0.39 is 0 Å². The maximum absolute atomic E-state index is 12.4. The molecule has 4 heteroatoms. The zero-order chi connectivity index (χ0) is 17.7. The number of para-hydroxylation sites is 1. The standard InChI is InChI=1S/C20H23NO3/c1-13-7-6-8-14(2)20(13)21-19(22)11-15(3)17-10-9-16(23-4)12-18(17)24-5/h6-12H,1-5H3,(H,21,22)/b15-11+. The van der Waals surface area contributed by atoms with Crippen LogP contribution in [0.2, 0.25) is 0 Å². The Kier molecular flexibility index (Phi) is 5.64. The molecule has 0 bridgehead atoms. The minimum atomic E-state index is -0.164. The molecule has 0 saturated carbocycles. The third-order valence-corrected chi connectivity index (χ3v) is 3.91. The van der Waals surface area contributed by atoms with E-state index in [1.54, 1.807) is 26.4 Å². The zero-order valence-electron chi connectivity index (χ0n) is 14.8. The van der Waals surface area contributed by atoms with Crippen molar-refractivity contribution in [3.05, 3.63) is 59.2 Å². The Morgan fingerprint density at radius 1 is 1.04 bits per heavy atom. The number of carbonyl (C=O) groups is 1. The normalized spacial score (nSPS) is 11.1. The van der Waals surface area contributed by atoms with Gasteiger partial charge in [-0.1, -0.05) is 18.2 Å². The Bertz CT molecular complexity index is 758. The summed E-state index contributed by atoms with van der Waals surface area (Å²) in [4.78, 5) is 12.4. The number of benzene rings is 2. The van der Waals surface area contributed by atoms with Crippen LogP contribution in [0.4, 0.5) is 5.69 Å². The molecule has 4 nitrogen and oxygen atoms in total. The molecule has 1 amide bonds. The molecule has 126 valence electrons. The smallest absolute Gasteiger partial charge is 0.248 e. The first-order chi connectivity index (χ1) is 11.5. The van der Waals surface area contributed by atoms with E-state index in [2.05, 4.69) is 5.32 Å². The summed E-state index contributed by atoms with van der Waals surface area (Å²) >= 11 is 0. The van der Waals surface area contributed by atoms with E-state index in [4.69, 9.17) is 9.47 Å². The van der Waals surface area contributed by atoms with E-state index in [1.165, 1.54) is 0 Å². The molecule has 2 rings (SSSR count). The molecule has 2 aromatic rings. The van der Waals surface area contributed by atoms with Gasteiger partial charge >= 0.3 is 0 Å². The van der Waals surface area contributed by atoms with E-state index in [-0.39, 0.29) is 5.91 Å². The predicted octanol–water partition coefficient (Wildman–Crippen LogP) is 4.36. The van der Waals surface area contributed by atoms with Gasteiger partial charge in [-0.2, -0.15) is 0 Å². The fourth-order valence-corrected chi connectivity index (χ4v) is 2.57.